The van der Waals surface area contributed by atoms with Gasteiger partial charge in [0.15, 0.2) is 0 Å². The van der Waals surface area contributed by atoms with Gasteiger partial charge < -0.3 is 5.73 Å². The summed E-state index contributed by atoms with van der Waals surface area (Å²) in [6.45, 7) is 2.73. The monoisotopic (exact) mass is 284 g/mol. The number of rotatable bonds is 2. The minimum absolute atomic E-state index is 0.303. The van der Waals surface area contributed by atoms with Crippen LogP contribution in [-0.2, 0) is 12.7 Å². The predicted octanol–water partition coefficient (Wildman–Crippen LogP) is 2.87. The van der Waals surface area contributed by atoms with E-state index in [1.807, 2.05) is 0 Å². The van der Waals surface area contributed by atoms with Crippen molar-refractivity contribution in [2.45, 2.75) is 31.6 Å². The lowest BCUT2D eigenvalue weighted by molar-refractivity contribution is -0.137. The summed E-state index contributed by atoms with van der Waals surface area (Å²) < 4.78 is 37.5. The van der Waals surface area contributed by atoms with E-state index in [2.05, 4.69) is 4.90 Å². The predicted molar refractivity (Wildman–Crippen MR) is 70.9 cm³/mol. The molecule has 0 amide bonds. The van der Waals surface area contributed by atoms with Gasteiger partial charge in [0.25, 0.3) is 0 Å². The van der Waals surface area contributed by atoms with Crippen molar-refractivity contribution in [2.75, 3.05) is 13.1 Å². The molecule has 3 atom stereocenters. The summed E-state index contributed by atoms with van der Waals surface area (Å²) in [4.78, 5) is 2.32. The summed E-state index contributed by atoms with van der Waals surface area (Å²) in [6.07, 6.45) is -1.95. The molecule has 1 saturated heterocycles. The van der Waals surface area contributed by atoms with Crippen LogP contribution in [-0.4, -0.2) is 24.0 Å². The van der Waals surface area contributed by atoms with Crippen LogP contribution in [0.2, 0.25) is 0 Å². The molecule has 1 aromatic carbocycles. The van der Waals surface area contributed by atoms with E-state index in [0.29, 0.717) is 17.9 Å². The number of nitrogens with two attached hydrogens (primary N) is 1. The van der Waals surface area contributed by atoms with E-state index in [1.54, 1.807) is 12.1 Å². The first-order valence-corrected chi connectivity index (χ1v) is 7.07. The van der Waals surface area contributed by atoms with Crippen molar-refractivity contribution in [1.82, 2.24) is 4.90 Å². The molecule has 110 valence electrons. The third-order valence-electron chi connectivity index (χ3n) is 4.68. The largest absolute Gasteiger partial charge is 0.416 e. The van der Waals surface area contributed by atoms with Crippen molar-refractivity contribution in [2.24, 2.45) is 17.6 Å². The third-order valence-corrected chi connectivity index (χ3v) is 4.68. The molecule has 2 aliphatic rings. The van der Waals surface area contributed by atoms with Crippen LogP contribution in [0.1, 0.15) is 24.0 Å². The molecule has 1 heterocycles. The number of hydrogen-bond acceptors (Lipinski definition) is 2. The van der Waals surface area contributed by atoms with Gasteiger partial charge >= 0.3 is 6.18 Å². The summed E-state index contributed by atoms with van der Waals surface area (Å²) in [6, 6.07) is 5.79. The molecular formula is C15H19F3N2. The second-order valence-electron chi connectivity index (χ2n) is 6.05. The van der Waals surface area contributed by atoms with E-state index in [4.69, 9.17) is 5.73 Å². The van der Waals surface area contributed by atoms with Crippen LogP contribution in [0.4, 0.5) is 13.2 Å². The Morgan fingerprint density at radius 1 is 1.10 bits per heavy atom. The van der Waals surface area contributed by atoms with Gasteiger partial charge in [-0.3, -0.25) is 4.90 Å². The SMILES string of the molecule is NC1CCC2CN(Cc3ccc(C(F)(F)F)cc3)CC12. The van der Waals surface area contributed by atoms with Crippen molar-refractivity contribution < 1.29 is 13.2 Å². The quantitative estimate of drug-likeness (QED) is 0.905. The van der Waals surface area contributed by atoms with Gasteiger partial charge in [-0.1, -0.05) is 12.1 Å². The van der Waals surface area contributed by atoms with Crippen molar-refractivity contribution in [1.29, 1.82) is 0 Å². The van der Waals surface area contributed by atoms with Crippen molar-refractivity contribution in [3.8, 4) is 0 Å². The van der Waals surface area contributed by atoms with E-state index in [1.165, 1.54) is 6.42 Å². The van der Waals surface area contributed by atoms with E-state index in [0.717, 1.165) is 43.8 Å². The Labute approximate surface area is 116 Å². The molecule has 1 saturated carbocycles. The fraction of sp³-hybridized carbons (Fsp3) is 0.600. The zero-order valence-corrected chi connectivity index (χ0v) is 11.2. The van der Waals surface area contributed by atoms with Gasteiger partial charge in [-0.25, -0.2) is 0 Å². The molecule has 0 radical (unpaired) electrons. The van der Waals surface area contributed by atoms with Gasteiger partial charge in [0.05, 0.1) is 5.56 Å². The van der Waals surface area contributed by atoms with Gasteiger partial charge in [0, 0.05) is 25.7 Å². The Kier molecular flexibility index (Phi) is 3.50. The second kappa shape index (κ2) is 5.04. The van der Waals surface area contributed by atoms with Crippen LogP contribution in [0.3, 0.4) is 0 Å². The maximum Gasteiger partial charge on any atom is 0.416 e. The highest BCUT2D eigenvalue weighted by molar-refractivity contribution is 5.24. The Hall–Kier alpha value is -1.07. The second-order valence-corrected chi connectivity index (χ2v) is 6.05. The highest BCUT2D eigenvalue weighted by Gasteiger charge is 2.40. The van der Waals surface area contributed by atoms with Crippen molar-refractivity contribution >= 4 is 0 Å². The van der Waals surface area contributed by atoms with Gasteiger partial charge in [-0.15, -0.1) is 0 Å². The number of fused-ring (bicyclic) bond motifs is 1. The first-order chi connectivity index (χ1) is 9.43. The Balaban J connectivity index is 1.62. The van der Waals surface area contributed by atoms with Crippen LogP contribution in [0.15, 0.2) is 24.3 Å². The van der Waals surface area contributed by atoms with Crippen molar-refractivity contribution in [3.05, 3.63) is 35.4 Å². The van der Waals surface area contributed by atoms with Crippen LogP contribution < -0.4 is 5.73 Å². The molecule has 2 N–H and O–H groups in total. The molecule has 0 bridgehead atoms. The topological polar surface area (TPSA) is 29.3 Å². The van der Waals surface area contributed by atoms with Gasteiger partial charge in [0.1, 0.15) is 0 Å². The third kappa shape index (κ3) is 2.69. The van der Waals surface area contributed by atoms with Gasteiger partial charge in [-0.05, 0) is 42.4 Å². The summed E-state index contributed by atoms with van der Waals surface area (Å²) in [7, 11) is 0. The molecule has 1 aliphatic heterocycles. The molecule has 3 rings (SSSR count). The lowest BCUT2D eigenvalue weighted by Crippen LogP contribution is -2.30. The standard InChI is InChI=1S/C15H19F3N2/c16-15(17,18)12-4-1-10(2-5-12)7-20-8-11-3-6-14(19)13(11)9-20/h1-2,4-5,11,13-14H,3,6-9,19H2. The summed E-state index contributed by atoms with van der Waals surface area (Å²) in [5.74, 6) is 1.25. The average Bonchev–Trinajstić information content (AvgIpc) is 2.92. The molecule has 20 heavy (non-hydrogen) atoms. The molecule has 2 nitrogen and oxygen atoms in total. The fourth-order valence-electron chi connectivity index (χ4n) is 3.59. The van der Waals surface area contributed by atoms with Gasteiger partial charge in [0.2, 0.25) is 0 Å². The van der Waals surface area contributed by atoms with Crippen LogP contribution in [0.5, 0.6) is 0 Å². The Morgan fingerprint density at radius 2 is 1.80 bits per heavy atom. The highest BCUT2D eigenvalue weighted by Crippen LogP contribution is 2.37. The minimum atomic E-state index is -4.25. The molecule has 1 aromatic rings. The first kappa shape index (κ1) is 13.9. The van der Waals surface area contributed by atoms with E-state index in [-0.39, 0.29) is 0 Å². The van der Waals surface area contributed by atoms with Crippen LogP contribution >= 0.6 is 0 Å². The summed E-state index contributed by atoms with van der Waals surface area (Å²) in [5, 5.41) is 0. The lowest BCUT2D eigenvalue weighted by Gasteiger charge is -2.18. The zero-order chi connectivity index (χ0) is 14.3. The number of nitrogens with zero attached hydrogens (tertiary/aromatic N) is 1. The highest BCUT2D eigenvalue weighted by atomic mass is 19.4. The molecule has 5 heteroatoms. The number of alkyl halides is 3. The molecule has 0 aromatic heterocycles. The van der Waals surface area contributed by atoms with Crippen LogP contribution in [0.25, 0.3) is 0 Å². The number of halogens is 3. The lowest BCUT2D eigenvalue weighted by atomic mass is 9.98. The zero-order valence-electron chi connectivity index (χ0n) is 11.2. The number of hydrogen-bond donors (Lipinski definition) is 1. The minimum Gasteiger partial charge on any atom is -0.327 e. The van der Waals surface area contributed by atoms with E-state index in [9.17, 15) is 13.2 Å². The maximum absolute atomic E-state index is 12.5. The van der Waals surface area contributed by atoms with E-state index < -0.39 is 11.7 Å². The summed E-state index contributed by atoms with van der Waals surface area (Å²) >= 11 is 0. The number of benzene rings is 1. The molecule has 0 spiro atoms. The maximum atomic E-state index is 12.5. The Morgan fingerprint density at radius 3 is 2.40 bits per heavy atom. The van der Waals surface area contributed by atoms with Crippen molar-refractivity contribution in [3.63, 3.8) is 0 Å². The molecule has 1 aliphatic carbocycles. The summed E-state index contributed by atoms with van der Waals surface area (Å²) in [5.41, 5.74) is 6.45. The Bertz CT molecular complexity index is 469. The van der Waals surface area contributed by atoms with Gasteiger partial charge in [-0.2, -0.15) is 13.2 Å². The smallest absolute Gasteiger partial charge is 0.327 e. The number of likely N-dealkylation sites (tertiary alicyclic amines) is 1. The average molecular weight is 284 g/mol. The fourth-order valence-corrected chi connectivity index (χ4v) is 3.59. The first-order valence-electron chi connectivity index (χ1n) is 7.07. The van der Waals surface area contributed by atoms with Crippen LogP contribution in [0, 0.1) is 11.8 Å². The molecule has 2 fully saturated rings. The molecular weight excluding hydrogens is 265 g/mol. The molecule has 3 unspecified atom stereocenters. The normalized spacial score (nSPS) is 30.7. The van der Waals surface area contributed by atoms with E-state index >= 15 is 0 Å².